The van der Waals surface area contributed by atoms with Gasteiger partial charge in [-0.25, -0.2) is 4.79 Å². The maximum absolute atomic E-state index is 13.0. The van der Waals surface area contributed by atoms with Crippen LogP contribution < -0.4 is 19.1 Å². The number of furan rings is 1. The minimum Gasteiger partial charge on any atom is -0.493 e. The van der Waals surface area contributed by atoms with E-state index in [1.165, 1.54) is 13.2 Å². The van der Waals surface area contributed by atoms with E-state index in [0.29, 0.717) is 28.2 Å². The molecule has 0 saturated heterocycles. The summed E-state index contributed by atoms with van der Waals surface area (Å²) >= 11 is 0. The number of anilines is 1. The highest BCUT2D eigenvalue weighted by Gasteiger charge is 2.30. The first-order chi connectivity index (χ1) is 16.8. The highest BCUT2D eigenvalue weighted by molar-refractivity contribution is 6.15. The van der Waals surface area contributed by atoms with Gasteiger partial charge in [-0.3, -0.25) is 4.79 Å². The minimum absolute atomic E-state index is 0.0430. The molecular formula is C28H23NO6. The summed E-state index contributed by atoms with van der Waals surface area (Å²) in [5.74, 6) is 0.510. The SMILES string of the molecule is COc1cccc2cc(C(=O)Oc3cc(C)c4c(c3)O/C(=C\c3ccc(N(C)C)cc3)C4=O)oc12. The van der Waals surface area contributed by atoms with E-state index in [-0.39, 0.29) is 23.1 Å². The number of hydrogen-bond donors (Lipinski definition) is 0. The van der Waals surface area contributed by atoms with Crippen molar-refractivity contribution in [1.29, 1.82) is 0 Å². The van der Waals surface area contributed by atoms with Crippen LogP contribution in [0.4, 0.5) is 5.69 Å². The van der Waals surface area contributed by atoms with E-state index in [2.05, 4.69) is 0 Å². The number of esters is 1. The van der Waals surface area contributed by atoms with Crippen LogP contribution in [0.3, 0.4) is 0 Å². The van der Waals surface area contributed by atoms with Crippen molar-refractivity contribution < 1.29 is 28.2 Å². The second-order valence-corrected chi connectivity index (χ2v) is 8.42. The summed E-state index contributed by atoms with van der Waals surface area (Å²) in [5.41, 5.74) is 3.47. The van der Waals surface area contributed by atoms with Gasteiger partial charge in [-0.15, -0.1) is 0 Å². The van der Waals surface area contributed by atoms with Crippen molar-refractivity contribution in [3.05, 3.63) is 88.9 Å². The first-order valence-electron chi connectivity index (χ1n) is 11.0. The number of fused-ring (bicyclic) bond motifs is 2. The number of allylic oxidation sites excluding steroid dienone is 1. The molecule has 1 aliphatic heterocycles. The third kappa shape index (κ3) is 4.12. The van der Waals surface area contributed by atoms with Crippen LogP contribution in [0.15, 0.2) is 70.8 Å². The van der Waals surface area contributed by atoms with Crippen LogP contribution in [0.2, 0.25) is 0 Å². The number of ether oxygens (including phenoxy) is 3. The Morgan fingerprint density at radius 1 is 1.03 bits per heavy atom. The topological polar surface area (TPSA) is 78.2 Å². The molecule has 0 fully saturated rings. The zero-order valence-corrected chi connectivity index (χ0v) is 19.7. The fourth-order valence-corrected chi connectivity index (χ4v) is 4.01. The molecule has 0 unspecified atom stereocenters. The second kappa shape index (κ2) is 8.68. The van der Waals surface area contributed by atoms with Crippen LogP contribution in [-0.2, 0) is 0 Å². The predicted molar refractivity (Wildman–Crippen MR) is 133 cm³/mol. The number of Topliss-reactive ketones (excluding diaryl/α,β-unsaturated/α-hetero) is 1. The lowest BCUT2D eigenvalue weighted by atomic mass is 10.0. The molecule has 0 radical (unpaired) electrons. The Morgan fingerprint density at radius 3 is 2.51 bits per heavy atom. The zero-order valence-electron chi connectivity index (χ0n) is 19.7. The monoisotopic (exact) mass is 469 g/mol. The third-order valence-corrected chi connectivity index (χ3v) is 5.79. The molecule has 5 rings (SSSR count). The molecule has 1 aromatic heterocycles. The van der Waals surface area contributed by atoms with Crippen LogP contribution in [0.5, 0.6) is 17.2 Å². The van der Waals surface area contributed by atoms with E-state index in [4.69, 9.17) is 18.6 Å². The van der Waals surface area contributed by atoms with Crippen molar-refractivity contribution in [2.45, 2.75) is 6.92 Å². The smallest absolute Gasteiger partial charge is 0.379 e. The number of carbonyl (C=O) groups excluding carboxylic acids is 2. The Morgan fingerprint density at radius 2 is 1.80 bits per heavy atom. The summed E-state index contributed by atoms with van der Waals surface area (Å²) in [6, 6.07) is 17.9. The average molecular weight is 469 g/mol. The maximum Gasteiger partial charge on any atom is 0.379 e. The Labute approximate surface area is 202 Å². The largest absolute Gasteiger partial charge is 0.493 e. The van der Waals surface area contributed by atoms with Gasteiger partial charge in [0.15, 0.2) is 17.1 Å². The summed E-state index contributed by atoms with van der Waals surface area (Å²) in [4.78, 5) is 27.7. The van der Waals surface area contributed by atoms with Crippen molar-refractivity contribution >= 4 is 34.5 Å². The number of hydrogen-bond acceptors (Lipinski definition) is 7. The average Bonchev–Trinajstić information content (AvgIpc) is 3.41. The van der Waals surface area contributed by atoms with Crippen molar-refractivity contribution in [3.8, 4) is 17.2 Å². The van der Waals surface area contributed by atoms with E-state index < -0.39 is 5.97 Å². The fourth-order valence-electron chi connectivity index (χ4n) is 4.01. The lowest BCUT2D eigenvalue weighted by molar-refractivity contribution is 0.0703. The van der Waals surface area contributed by atoms with Crippen molar-refractivity contribution in [2.24, 2.45) is 0 Å². The molecule has 1 aliphatic rings. The molecule has 0 saturated carbocycles. The van der Waals surface area contributed by atoms with Crippen LogP contribution in [0, 0.1) is 6.92 Å². The number of para-hydroxylation sites is 1. The van der Waals surface area contributed by atoms with Crippen LogP contribution in [0.1, 0.15) is 32.0 Å². The quantitative estimate of drug-likeness (QED) is 0.212. The number of methoxy groups -OCH3 is 1. The first-order valence-corrected chi connectivity index (χ1v) is 11.0. The molecule has 4 aromatic rings. The number of nitrogens with zero attached hydrogens (tertiary/aromatic N) is 1. The summed E-state index contributed by atoms with van der Waals surface area (Å²) in [6.45, 7) is 1.78. The summed E-state index contributed by atoms with van der Waals surface area (Å²) in [6.07, 6.45) is 1.70. The fraction of sp³-hybridized carbons (Fsp3) is 0.143. The Kier molecular flexibility index (Phi) is 5.53. The molecule has 3 aromatic carbocycles. The normalized spacial score (nSPS) is 13.6. The van der Waals surface area contributed by atoms with Gasteiger partial charge < -0.3 is 23.5 Å². The summed E-state index contributed by atoms with van der Waals surface area (Å²) in [7, 11) is 5.46. The lowest BCUT2D eigenvalue weighted by Crippen LogP contribution is -2.08. The van der Waals surface area contributed by atoms with E-state index in [1.54, 1.807) is 31.2 Å². The van der Waals surface area contributed by atoms with Crippen molar-refractivity contribution in [1.82, 2.24) is 0 Å². The van der Waals surface area contributed by atoms with Crippen molar-refractivity contribution in [2.75, 3.05) is 26.1 Å². The molecule has 0 bridgehead atoms. The molecule has 0 amide bonds. The van der Waals surface area contributed by atoms with Gasteiger partial charge >= 0.3 is 5.97 Å². The van der Waals surface area contributed by atoms with E-state index in [9.17, 15) is 9.59 Å². The van der Waals surface area contributed by atoms with Gasteiger partial charge in [0.1, 0.15) is 11.5 Å². The molecule has 35 heavy (non-hydrogen) atoms. The van der Waals surface area contributed by atoms with Gasteiger partial charge in [0.2, 0.25) is 11.5 Å². The molecular weight excluding hydrogens is 446 g/mol. The Hall–Kier alpha value is -4.52. The van der Waals surface area contributed by atoms with E-state index in [1.807, 2.05) is 55.4 Å². The van der Waals surface area contributed by atoms with Gasteiger partial charge in [-0.05, 0) is 54.5 Å². The van der Waals surface area contributed by atoms with Crippen LogP contribution in [0.25, 0.3) is 17.0 Å². The van der Waals surface area contributed by atoms with Gasteiger partial charge in [0.05, 0.1) is 12.7 Å². The Balaban J connectivity index is 1.39. The summed E-state index contributed by atoms with van der Waals surface area (Å²) < 4.78 is 22.4. The van der Waals surface area contributed by atoms with Gasteiger partial charge in [0, 0.05) is 31.2 Å². The molecule has 0 spiro atoms. The van der Waals surface area contributed by atoms with E-state index in [0.717, 1.165) is 16.6 Å². The van der Waals surface area contributed by atoms with Crippen molar-refractivity contribution in [3.63, 3.8) is 0 Å². The highest BCUT2D eigenvalue weighted by atomic mass is 16.6. The zero-order chi connectivity index (χ0) is 24.7. The van der Waals surface area contributed by atoms with Gasteiger partial charge in [-0.2, -0.15) is 0 Å². The molecule has 176 valence electrons. The highest BCUT2D eigenvalue weighted by Crippen LogP contribution is 2.38. The lowest BCUT2D eigenvalue weighted by Gasteiger charge is -2.11. The predicted octanol–water partition coefficient (Wildman–Crippen LogP) is 5.65. The molecule has 0 atom stereocenters. The van der Waals surface area contributed by atoms with Crippen LogP contribution in [-0.4, -0.2) is 33.0 Å². The van der Waals surface area contributed by atoms with Gasteiger partial charge in [0.25, 0.3) is 0 Å². The number of ketones is 1. The molecule has 7 heteroatoms. The van der Waals surface area contributed by atoms with Gasteiger partial charge in [-0.1, -0.05) is 24.3 Å². The second-order valence-electron chi connectivity index (χ2n) is 8.42. The maximum atomic E-state index is 13.0. The summed E-state index contributed by atoms with van der Waals surface area (Å²) in [5, 5.41) is 0.726. The number of carbonyl (C=O) groups is 2. The molecule has 0 aliphatic carbocycles. The minimum atomic E-state index is -0.663. The molecule has 0 N–H and O–H groups in total. The number of aryl methyl sites for hydroxylation is 1. The first kappa shape index (κ1) is 22.3. The van der Waals surface area contributed by atoms with Crippen LogP contribution >= 0.6 is 0 Å². The molecule has 2 heterocycles. The standard InChI is InChI=1S/C28H23NO6/c1-16-12-20(33-28(31)24-14-18-6-5-7-21(32-4)27(18)35-24)15-22-25(16)26(30)23(34-22)13-17-8-10-19(11-9-17)29(2)3/h5-15H,1-4H3/b23-13-. The number of benzene rings is 3. The van der Waals surface area contributed by atoms with E-state index >= 15 is 0 Å². The molecule has 7 nitrogen and oxygen atoms in total. The third-order valence-electron chi connectivity index (χ3n) is 5.79. The Bertz CT molecular complexity index is 1490. The number of rotatable bonds is 5.